The fourth-order valence-corrected chi connectivity index (χ4v) is 2.98. The average Bonchev–Trinajstić information content (AvgIpc) is 2.80. The van der Waals surface area contributed by atoms with Crippen LogP contribution in [0, 0.1) is 0 Å². The van der Waals surface area contributed by atoms with E-state index in [1.54, 1.807) is 11.3 Å². The summed E-state index contributed by atoms with van der Waals surface area (Å²) in [6.07, 6.45) is 1.20. The predicted molar refractivity (Wildman–Crippen MR) is 73.8 cm³/mol. The zero-order valence-corrected chi connectivity index (χ0v) is 11.3. The van der Waals surface area contributed by atoms with E-state index in [4.69, 9.17) is 11.6 Å². The molecule has 2 rings (SSSR count). The van der Waals surface area contributed by atoms with Crippen LogP contribution in [-0.4, -0.2) is 5.11 Å². The molecule has 17 heavy (non-hydrogen) atoms. The van der Waals surface area contributed by atoms with Crippen LogP contribution in [0.1, 0.15) is 29.0 Å². The van der Waals surface area contributed by atoms with Crippen molar-refractivity contribution in [1.82, 2.24) is 0 Å². The van der Waals surface area contributed by atoms with Gasteiger partial charge in [0.15, 0.2) is 0 Å². The van der Waals surface area contributed by atoms with Gasteiger partial charge in [0.1, 0.15) is 0 Å². The number of benzene rings is 1. The second-order valence-electron chi connectivity index (χ2n) is 4.01. The molecular formula is C14H15ClOS. The van der Waals surface area contributed by atoms with Gasteiger partial charge in [-0.25, -0.2) is 0 Å². The highest BCUT2D eigenvalue weighted by Gasteiger charge is 2.13. The summed E-state index contributed by atoms with van der Waals surface area (Å²) in [5.74, 6) is 0. The van der Waals surface area contributed by atoms with E-state index in [1.165, 1.54) is 5.56 Å². The second kappa shape index (κ2) is 5.67. The van der Waals surface area contributed by atoms with Crippen molar-refractivity contribution < 1.29 is 5.11 Å². The minimum Gasteiger partial charge on any atom is -0.387 e. The van der Waals surface area contributed by atoms with E-state index in [2.05, 4.69) is 13.0 Å². The molecule has 0 aliphatic rings. The molecule has 3 heteroatoms. The summed E-state index contributed by atoms with van der Waals surface area (Å²) >= 11 is 7.46. The molecule has 0 aliphatic carbocycles. The van der Waals surface area contributed by atoms with Crippen LogP contribution in [0.25, 0.3) is 0 Å². The molecule has 90 valence electrons. The van der Waals surface area contributed by atoms with Crippen LogP contribution in [0.15, 0.2) is 35.7 Å². The van der Waals surface area contributed by atoms with Gasteiger partial charge in [-0.15, -0.1) is 11.3 Å². The number of rotatable bonds is 4. The third kappa shape index (κ3) is 3.09. The quantitative estimate of drug-likeness (QED) is 0.878. The van der Waals surface area contributed by atoms with Gasteiger partial charge in [0, 0.05) is 16.3 Å². The van der Waals surface area contributed by atoms with Crippen LogP contribution >= 0.6 is 22.9 Å². The van der Waals surface area contributed by atoms with Gasteiger partial charge >= 0.3 is 0 Å². The smallest absolute Gasteiger partial charge is 0.0924 e. The molecular weight excluding hydrogens is 252 g/mol. The molecule has 0 saturated carbocycles. The lowest BCUT2D eigenvalue weighted by molar-refractivity contribution is 0.181. The lowest BCUT2D eigenvalue weighted by Gasteiger charge is -2.11. The molecule has 1 aromatic carbocycles. The predicted octanol–water partition coefficient (Wildman–Crippen LogP) is 4.24. The first-order valence-electron chi connectivity index (χ1n) is 5.69. The van der Waals surface area contributed by atoms with Crippen LogP contribution in [0.2, 0.25) is 5.02 Å². The van der Waals surface area contributed by atoms with E-state index in [0.717, 1.165) is 21.9 Å². The van der Waals surface area contributed by atoms with Crippen molar-refractivity contribution in [3.05, 3.63) is 56.7 Å². The standard InChI is InChI=1S/C14H15ClOS/c1-2-11-7-8-17-14(11)13(16)9-10-3-5-12(15)6-4-10/h3-8,13,16H,2,9H2,1H3. The molecule has 1 aromatic heterocycles. The van der Waals surface area contributed by atoms with Crippen LogP contribution in [0.4, 0.5) is 0 Å². The highest BCUT2D eigenvalue weighted by molar-refractivity contribution is 7.10. The number of aryl methyl sites for hydroxylation is 1. The van der Waals surface area contributed by atoms with E-state index in [-0.39, 0.29) is 0 Å². The molecule has 0 fully saturated rings. The number of halogens is 1. The highest BCUT2D eigenvalue weighted by Crippen LogP contribution is 2.27. The third-order valence-electron chi connectivity index (χ3n) is 2.81. The van der Waals surface area contributed by atoms with Crippen molar-refractivity contribution >= 4 is 22.9 Å². The molecule has 2 aromatic rings. The highest BCUT2D eigenvalue weighted by atomic mass is 35.5. The molecule has 1 nitrogen and oxygen atoms in total. The lowest BCUT2D eigenvalue weighted by Crippen LogP contribution is -2.02. The Morgan fingerprint density at radius 1 is 1.24 bits per heavy atom. The summed E-state index contributed by atoms with van der Waals surface area (Å²) < 4.78 is 0. The first kappa shape index (κ1) is 12.6. The van der Waals surface area contributed by atoms with Crippen molar-refractivity contribution in [1.29, 1.82) is 0 Å². The SMILES string of the molecule is CCc1ccsc1C(O)Cc1ccc(Cl)cc1. The summed E-state index contributed by atoms with van der Waals surface area (Å²) in [5.41, 5.74) is 2.36. The average molecular weight is 267 g/mol. The molecule has 0 spiro atoms. The molecule has 0 bridgehead atoms. The Morgan fingerprint density at radius 3 is 2.59 bits per heavy atom. The monoisotopic (exact) mass is 266 g/mol. The van der Waals surface area contributed by atoms with E-state index < -0.39 is 6.10 Å². The number of aliphatic hydroxyl groups excluding tert-OH is 1. The Labute approximate surface area is 111 Å². The summed E-state index contributed by atoms with van der Waals surface area (Å²) in [6.45, 7) is 2.11. The maximum absolute atomic E-state index is 10.2. The second-order valence-corrected chi connectivity index (χ2v) is 5.39. The van der Waals surface area contributed by atoms with E-state index in [0.29, 0.717) is 6.42 Å². The van der Waals surface area contributed by atoms with Crippen molar-refractivity contribution in [2.75, 3.05) is 0 Å². The van der Waals surface area contributed by atoms with Crippen LogP contribution in [0.5, 0.6) is 0 Å². The van der Waals surface area contributed by atoms with E-state index >= 15 is 0 Å². The Morgan fingerprint density at radius 2 is 1.94 bits per heavy atom. The van der Waals surface area contributed by atoms with Crippen LogP contribution in [-0.2, 0) is 12.8 Å². The topological polar surface area (TPSA) is 20.2 Å². The minimum atomic E-state index is -0.411. The van der Waals surface area contributed by atoms with Gasteiger partial charge in [0.2, 0.25) is 0 Å². The summed E-state index contributed by atoms with van der Waals surface area (Å²) in [6, 6.07) is 9.73. The number of aliphatic hydroxyl groups is 1. The summed E-state index contributed by atoms with van der Waals surface area (Å²) in [4.78, 5) is 1.09. The van der Waals surface area contributed by atoms with Gasteiger partial charge in [-0.1, -0.05) is 30.7 Å². The largest absolute Gasteiger partial charge is 0.387 e. The number of hydrogen-bond acceptors (Lipinski definition) is 2. The Bertz CT molecular complexity index is 475. The number of thiophene rings is 1. The van der Waals surface area contributed by atoms with E-state index in [9.17, 15) is 5.11 Å². The van der Waals surface area contributed by atoms with Gasteiger partial charge in [0.05, 0.1) is 6.10 Å². The number of hydrogen-bond donors (Lipinski definition) is 1. The normalized spacial score (nSPS) is 12.6. The van der Waals surface area contributed by atoms with Crippen molar-refractivity contribution in [3.8, 4) is 0 Å². The van der Waals surface area contributed by atoms with Crippen molar-refractivity contribution in [2.45, 2.75) is 25.9 Å². The Balaban J connectivity index is 2.11. The van der Waals surface area contributed by atoms with Crippen LogP contribution < -0.4 is 0 Å². The zero-order chi connectivity index (χ0) is 12.3. The van der Waals surface area contributed by atoms with Gasteiger partial charge in [-0.05, 0) is 41.1 Å². The molecule has 0 radical (unpaired) electrons. The molecule has 1 N–H and O–H groups in total. The fraction of sp³-hybridized carbons (Fsp3) is 0.286. The van der Waals surface area contributed by atoms with Gasteiger partial charge < -0.3 is 5.11 Å². The molecule has 0 aliphatic heterocycles. The summed E-state index contributed by atoms with van der Waals surface area (Å²) in [7, 11) is 0. The minimum absolute atomic E-state index is 0.411. The van der Waals surface area contributed by atoms with E-state index in [1.807, 2.05) is 29.6 Å². The molecule has 0 amide bonds. The van der Waals surface area contributed by atoms with Gasteiger partial charge in [-0.3, -0.25) is 0 Å². The lowest BCUT2D eigenvalue weighted by atomic mass is 10.0. The Kier molecular flexibility index (Phi) is 4.21. The van der Waals surface area contributed by atoms with Crippen molar-refractivity contribution in [3.63, 3.8) is 0 Å². The van der Waals surface area contributed by atoms with Gasteiger partial charge in [-0.2, -0.15) is 0 Å². The maximum atomic E-state index is 10.2. The first-order valence-corrected chi connectivity index (χ1v) is 6.95. The van der Waals surface area contributed by atoms with Gasteiger partial charge in [0.25, 0.3) is 0 Å². The Hall–Kier alpha value is -0.830. The fourth-order valence-electron chi connectivity index (χ4n) is 1.87. The molecule has 0 saturated heterocycles. The van der Waals surface area contributed by atoms with Crippen molar-refractivity contribution in [2.24, 2.45) is 0 Å². The molecule has 1 unspecified atom stereocenters. The third-order valence-corrected chi connectivity index (χ3v) is 4.12. The van der Waals surface area contributed by atoms with Crippen LogP contribution in [0.3, 0.4) is 0 Å². The maximum Gasteiger partial charge on any atom is 0.0924 e. The first-order chi connectivity index (χ1) is 8.20. The zero-order valence-electron chi connectivity index (χ0n) is 9.69. The summed E-state index contributed by atoms with van der Waals surface area (Å²) in [5, 5.41) is 13.0. The molecule has 1 heterocycles. The molecule has 1 atom stereocenters.